The van der Waals surface area contributed by atoms with Crippen LogP contribution in [0.4, 0.5) is 0 Å². The molecule has 6 nitrogen and oxygen atoms in total. The lowest BCUT2D eigenvalue weighted by molar-refractivity contribution is -0.154. The predicted molar refractivity (Wildman–Crippen MR) is 76.2 cm³/mol. The topological polar surface area (TPSA) is 75.7 Å². The summed E-state index contributed by atoms with van der Waals surface area (Å²) < 4.78 is 5.07. The Labute approximate surface area is 125 Å². The molecule has 21 heavy (non-hydrogen) atoms. The minimum absolute atomic E-state index is 0.0282. The number of carbonyl (C=O) groups excluding carboxylic acids is 3. The van der Waals surface area contributed by atoms with E-state index in [-0.39, 0.29) is 42.2 Å². The molecule has 2 amide bonds. The van der Waals surface area contributed by atoms with Crippen LogP contribution >= 0.6 is 0 Å². The summed E-state index contributed by atoms with van der Waals surface area (Å²) in [5.41, 5.74) is -1.29. The van der Waals surface area contributed by atoms with E-state index >= 15 is 0 Å². The van der Waals surface area contributed by atoms with Crippen molar-refractivity contribution in [3.05, 3.63) is 0 Å². The van der Waals surface area contributed by atoms with Gasteiger partial charge in [0.1, 0.15) is 5.54 Å². The summed E-state index contributed by atoms with van der Waals surface area (Å²) in [4.78, 5) is 38.1. The van der Waals surface area contributed by atoms with Crippen LogP contribution in [0.1, 0.15) is 34.6 Å². The highest BCUT2D eigenvalue weighted by Crippen LogP contribution is 2.63. The molecule has 0 spiro atoms. The number of likely N-dealkylation sites (N-methyl/N-ethyl adjacent to an activating group) is 1. The molecule has 1 N–H and O–H groups in total. The Morgan fingerprint density at radius 3 is 2.24 bits per heavy atom. The summed E-state index contributed by atoms with van der Waals surface area (Å²) in [6.45, 7) is 9.98. The van der Waals surface area contributed by atoms with Crippen LogP contribution in [-0.2, 0) is 19.1 Å². The molecule has 118 valence electrons. The molecule has 3 atom stereocenters. The zero-order chi connectivity index (χ0) is 16.0. The standard InChI is InChI=1S/C15H24N2O4/c1-6-16-15(5,13(20)21-7-2)8-17-11(18)9-10(12(17)19)14(9,3)4/h9-10,16H,6-8H2,1-5H3. The summed E-state index contributed by atoms with van der Waals surface area (Å²) in [5, 5.41) is 3.04. The zero-order valence-corrected chi connectivity index (χ0v) is 13.4. The van der Waals surface area contributed by atoms with Crippen LogP contribution in [0, 0.1) is 17.3 Å². The Balaban J connectivity index is 2.14. The van der Waals surface area contributed by atoms with Gasteiger partial charge in [-0.05, 0) is 25.8 Å². The summed E-state index contributed by atoms with van der Waals surface area (Å²) in [5.74, 6) is -1.21. The zero-order valence-electron chi connectivity index (χ0n) is 13.4. The minimum Gasteiger partial charge on any atom is -0.465 e. The Morgan fingerprint density at radius 1 is 1.29 bits per heavy atom. The van der Waals surface area contributed by atoms with Crippen LogP contribution in [0.2, 0.25) is 0 Å². The molecule has 0 bridgehead atoms. The number of rotatable bonds is 6. The van der Waals surface area contributed by atoms with Gasteiger partial charge in [0.15, 0.2) is 0 Å². The maximum Gasteiger partial charge on any atom is 0.327 e. The summed E-state index contributed by atoms with van der Waals surface area (Å²) in [6, 6.07) is 0. The fourth-order valence-corrected chi connectivity index (χ4v) is 3.35. The Morgan fingerprint density at radius 2 is 1.81 bits per heavy atom. The smallest absolute Gasteiger partial charge is 0.327 e. The monoisotopic (exact) mass is 296 g/mol. The summed E-state index contributed by atoms with van der Waals surface area (Å²) in [7, 11) is 0. The maximum atomic E-state index is 12.4. The molecule has 6 heteroatoms. The molecule has 3 unspecified atom stereocenters. The van der Waals surface area contributed by atoms with E-state index < -0.39 is 11.5 Å². The fraction of sp³-hybridized carbons (Fsp3) is 0.800. The Hall–Kier alpha value is -1.43. The van der Waals surface area contributed by atoms with E-state index in [1.54, 1.807) is 13.8 Å². The number of hydrogen-bond donors (Lipinski definition) is 1. The van der Waals surface area contributed by atoms with Crippen molar-refractivity contribution in [2.24, 2.45) is 17.3 Å². The van der Waals surface area contributed by atoms with Gasteiger partial charge in [-0.1, -0.05) is 20.8 Å². The van der Waals surface area contributed by atoms with Crippen molar-refractivity contribution in [1.82, 2.24) is 10.2 Å². The predicted octanol–water partition coefficient (Wildman–Crippen LogP) is 0.559. The minimum atomic E-state index is -1.06. The number of ether oxygens (including phenoxy) is 1. The molecule has 0 aromatic heterocycles. The Bertz CT molecular complexity index is 464. The number of nitrogens with one attached hydrogen (secondary N) is 1. The molecule has 0 aromatic carbocycles. The second kappa shape index (κ2) is 5.09. The first-order valence-electron chi connectivity index (χ1n) is 7.48. The first-order valence-corrected chi connectivity index (χ1v) is 7.48. The van der Waals surface area contributed by atoms with Crippen LogP contribution in [0.3, 0.4) is 0 Å². The molecule has 2 rings (SSSR count). The third-order valence-corrected chi connectivity index (χ3v) is 4.66. The molecule has 0 aromatic rings. The highest BCUT2D eigenvalue weighted by Gasteiger charge is 2.72. The van der Waals surface area contributed by atoms with Crippen molar-refractivity contribution < 1.29 is 19.1 Å². The maximum absolute atomic E-state index is 12.4. The van der Waals surface area contributed by atoms with E-state index in [9.17, 15) is 14.4 Å². The van der Waals surface area contributed by atoms with E-state index in [1.165, 1.54) is 4.90 Å². The SMILES string of the molecule is CCNC(C)(CN1C(=O)C2C(C1=O)C2(C)C)C(=O)OCC. The second-order valence-electron chi connectivity index (χ2n) is 6.62. The van der Waals surface area contributed by atoms with Gasteiger partial charge in [-0.25, -0.2) is 4.79 Å². The van der Waals surface area contributed by atoms with Crippen LogP contribution < -0.4 is 5.32 Å². The molecule has 1 saturated heterocycles. The van der Waals surface area contributed by atoms with Gasteiger partial charge in [-0.2, -0.15) is 0 Å². The molecule has 2 fully saturated rings. The molecule has 0 radical (unpaired) electrons. The van der Waals surface area contributed by atoms with Crippen molar-refractivity contribution in [2.45, 2.75) is 40.2 Å². The average molecular weight is 296 g/mol. The third kappa shape index (κ3) is 2.35. The van der Waals surface area contributed by atoms with E-state index in [0.29, 0.717) is 6.54 Å². The van der Waals surface area contributed by atoms with Crippen molar-refractivity contribution in [1.29, 1.82) is 0 Å². The fourth-order valence-electron chi connectivity index (χ4n) is 3.35. The van der Waals surface area contributed by atoms with Gasteiger partial charge in [-0.15, -0.1) is 0 Å². The number of imide groups is 1. The normalized spacial score (nSPS) is 29.1. The third-order valence-electron chi connectivity index (χ3n) is 4.66. The highest BCUT2D eigenvalue weighted by atomic mass is 16.5. The summed E-state index contributed by atoms with van der Waals surface area (Å²) in [6.07, 6.45) is 0. The molecule has 1 heterocycles. The number of likely N-dealkylation sites (tertiary alicyclic amines) is 1. The van der Waals surface area contributed by atoms with Crippen molar-refractivity contribution >= 4 is 17.8 Å². The number of piperidine rings is 1. The quantitative estimate of drug-likeness (QED) is 0.572. The number of fused-ring (bicyclic) bond motifs is 1. The van der Waals surface area contributed by atoms with Crippen LogP contribution in [0.5, 0.6) is 0 Å². The lowest BCUT2D eigenvalue weighted by Gasteiger charge is -2.32. The number of hydrogen-bond acceptors (Lipinski definition) is 5. The lowest BCUT2D eigenvalue weighted by atomic mass is 9.99. The van der Waals surface area contributed by atoms with E-state index in [0.717, 1.165) is 0 Å². The Kier molecular flexibility index (Phi) is 3.86. The first kappa shape index (κ1) is 15.9. The molecular weight excluding hydrogens is 272 g/mol. The van der Waals surface area contributed by atoms with Crippen molar-refractivity contribution in [3.63, 3.8) is 0 Å². The number of amides is 2. The van der Waals surface area contributed by atoms with Crippen molar-refractivity contribution in [3.8, 4) is 0 Å². The van der Waals surface area contributed by atoms with Gasteiger partial charge < -0.3 is 10.1 Å². The van der Waals surface area contributed by atoms with E-state index in [1.807, 2.05) is 20.8 Å². The van der Waals surface area contributed by atoms with Gasteiger partial charge in [0.05, 0.1) is 25.0 Å². The molecular formula is C15H24N2O4. The largest absolute Gasteiger partial charge is 0.465 e. The molecule has 1 saturated carbocycles. The van der Waals surface area contributed by atoms with Crippen LogP contribution in [0.15, 0.2) is 0 Å². The highest BCUT2D eigenvalue weighted by molar-refractivity contribution is 6.10. The average Bonchev–Trinajstić information content (AvgIpc) is 2.87. The molecule has 1 aliphatic heterocycles. The molecule has 2 aliphatic rings. The number of esters is 1. The van der Waals surface area contributed by atoms with Gasteiger partial charge >= 0.3 is 5.97 Å². The van der Waals surface area contributed by atoms with Gasteiger partial charge in [0, 0.05) is 0 Å². The molecule has 1 aliphatic carbocycles. The number of nitrogens with zero attached hydrogens (tertiary/aromatic N) is 1. The van der Waals surface area contributed by atoms with Crippen LogP contribution in [0.25, 0.3) is 0 Å². The lowest BCUT2D eigenvalue weighted by Crippen LogP contribution is -2.59. The summed E-state index contributed by atoms with van der Waals surface area (Å²) >= 11 is 0. The van der Waals surface area contributed by atoms with Gasteiger partial charge in [-0.3, -0.25) is 14.5 Å². The van der Waals surface area contributed by atoms with Gasteiger partial charge in [0.2, 0.25) is 11.8 Å². The van der Waals surface area contributed by atoms with Gasteiger partial charge in [0.25, 0.3) is 0 Å². The van der Waals surface area contributed by atoms with E-state index in [2.05, 4.69) is 5.32 Å². The first-order chi connectivity index (χ1) is 9.70. The second-order valence-corrected chi connectivity index (χ2v) is 6.62. The van der Waals surface area contributed by atoms with Crippen LogP contribution in [-0.4, -0.2) is 47.9 Å². The van der Waals surface area contributed by atoms with E-state index in [4.69, 9.17) is 4.74 Å². The van der Waals surface area contributed by atoms with Crippen molar-refractivity contribution in [2.75, 3.05) is 19.7 Å². The number of carbonyl (C=O) groups is 3.